The summed E-state index contributed by atoms with van der Waals surface area (Å²) in [4.78, 5) is 17.7. The number of likely N-dealkylation sites (tertiary alicyclic amines) is 1. The average molecular weight is 284 g/mol. The van der Waals surface area contributed by atoms with Crippen molar-refractivity contribution in [3.05, 3.63) is 0 Å². The van der Waals surface area contributed by atoms with E-state index in [9.17, 15) is 4.79 Å². The summed E-state index contributed by atoms with van der Waals surface area (Å²) in [6.45, 7) is 12.1. The van der Waals surface area contributed by atoms with Crippen molar-refractivity contribution in [3.63, 3.8) is 0 Å². The number of hydrogen-bond donors (Lipinski definition) is 2. The number of hydrogen-bond acceptors (Lipinski definition) is 3. The van der Waals surface area contributed by atoms with Crippen LogP contribution in [0.2, 0.25) is 0 Å². The summed E-state index contributed by atoms with van der Waals surface area (Å²) in [5, 5.41) is 6.55. The van der Waals surface area contributed by atoms with Gasteiger partial charge in [-0.05, 0) is 26.7 Å². The fourth-order valence-electron chi connectivity index (χ4n) is 1.73. The summed E-state index contributed by atoms with van der Waals surface area (Å²) in [6, 6.07) is 0.237. The van der Waals surface area contributed by atoms with Crippen LogP contribution in [0.4, 0.5) is 4.79 Å². The van der Waals surface area contributed by atoms with Gasteiger partial charge in [-0.2, -0.15) is 0 Å². The lowest BCUT2D eigenvalue weighted by Gasteiger charge is -2.40. The molecule has 1 saturated heterocycles. The molecular formula is C14H28N4O2. The Hall–Kier alpha value is -1.46. The second-order valence-corrected chi connectivity index (χ2v) is 6.57. The Morgan fingerprint density at radius 1 is 1.40 bits per heavy atom. The van der Waals surface area contributed by atoms with Crippen LogP contribution in [0.25, 0.3) is 0 Å². The van der Waals surface area contributed by atoms with E-state index in [4.69, 9.17) is 4.74 Å². The maximum absolute atomic E-state index is 11.8. The van der Waals surface area contributed by atoms with Gasteiger partial charge in [0.05, 0.1) is 6.04 Å². The summed E-state index contributed by atoms with van der Waals surface area (Å²) < 4.78 is 5.31. The SMILES string of the molecule is CN=C(NCC(C)C)NC1CN(C(=O)OC(C)(C)C)C1. The smallest absolute Gasteiger partial charge is 0.410 e. The minimum Gasteiger partial charge on any atom is -0.444 e. The fourth-order valence-corrected chi connectivity index (χ4v) is 1.73. The van der Waals surface area contributed by atoms with Crippen molar-refractivity contribution >= 4 is 12.1 Å². The van der Waals surface area contributed by atoms with E-state index in [1.165, 1.54) is 0 Å². The first-order chi connectivity index (χ1) is 9.21. The number of guanidine groups is 1. The third-order valence-electron chi connectivity index (χ3n) is 2.78. The Bertz CT molecular complexity index is 355. The zero-order chi connectivity index (χ0) is 15.3. The highest BCUT2D eigenvalue weighted by molar-refractivity contribution is 5.80. The number of amides is 1. The summed E-state index contributed by atoms with van der Waals surface area (Å²) in [5.41, 5.74) is -0.440. The van der Waals surface area contributed by atoms with Crippen LogP contribution in [-0.4, -0.2) is 55.3 Å². The molecule has 2 N–H and O–H groups in total. The molecule has 116 valence electrons. The Balaban J connectivity index is 2.29. The molecule has 1 aliphatic heterocycles. The van der Waals surface area contributed by atoms with E-state index in [1.807, 2.05) is 20.8 Å². The highest BCUT2D eigenvalue weighted by atomic mass is 16.6. The molecule has 0 unspecified atom stereocenters. The van der Waals surface area contributed by atoms with Gasteiger partial charge >= 0.3 is 6.09 Å². The largest absolute Gasteiger partial charge is 0.444 e. The first-order valence-corrected chi connectivity index (χ1v) is 7.16. The van der Waals surface area contributed by atoms with E-state index in [0.717, 1.165) is 12.5 Å². The minimum absolute atomic E-state index is 0.237. The van der Waals surface area contributed by atoms with Crippen molar-refractivity contribution in [3.8, 4) is 0 Å². The maximum Gasteiger partial charge on any atom is 0.410 e. The normalized spacial score (nSPS) is 16.9. The standard InChI is InChI=1S/C14H28N4O2/c1-10(2)7-16-12(15-6)17-11-8-18(9-11)13(19)20-14(3,4)5/h10-11H,7-9H2,1-6H3,(H2,15,16,17). The Morgan fingerprint density at radius 3 is 2.45 bits per heavy atom. The molecule has 0 aromatic rings. The molecule has 6 nitrogen and oxygen atoms in total. The summed E-state index contributed by atoms with van der Waals surface area (Å²) in [6.07, 6.45) is -0.249. The van der Waals surface area contributed by atoms with Gasteiger partial charge in [0.1, 0.15) is 5.60 Å². The Kier molecular flexibility index (Phi) is 5.65. The Labute approximate surface area is 122 Å². The first kappa shape index (κ1) is 16.6. The molecular weight excluding hydrogens is 256 g/mol. The monoisotopic (exact) mass is 284 g/mol. The predicted molar refractivity (Wildman–Crippen MR) is 80.9 cm³/mol. The number of nitrogens with one attached hydrogen (secondary N) is 2. The van der Waals surface area contributed by atoms with Gasteiger partial charge in [0.2, 0.25) is 0 Å². The molecule has 1 fully saturated rings. The summed E-state index contributed by atoms with van der Waals surface area (Å²) in [7, 11) is 1.75. The van der Waals surface area contributed by atoms with Crippen molar-refractivity contribution < 1.29 is 9.53 Å². The molecule has 0 atom stereocenters. The molecule has 0 saturated carbocycles. The van der Waals surface area contributed by atoms with Crippen LogP contribution in [-0.2, 0) is 4.74 Å². The molecule has 0 aromatic heterocycles. The molecule has 0 radical (unpaired) electrons. The molecule has 1 heterocycles. The molecule has 0 aliphatic carbocycles. The van der Waals surface area contributed by atoms with E-state index in [-0.39, 0.29) is 12.1 Å². The lowest BCUT2D eigenvalue weighted by Crippen LogP contribution is -2.63. The van der Waals surface area contributed by atoms with Gasteiger partial charge in [-0.15, -0.1) is 0 Å². The lowest BCUT2D eigenvalue weighted by molar-refractivity contribution is 0.00701. The van der Waals surface area contributed by atoms with Crippen molar-refractivity contribution in [1.82, 2.24) is 15.5 Å². The number of aliphatic imine (C=N–C) groups is 1. The highest BCUT2D eigenvalue weighted by Gasteiger charge is 2.34. The van der Waals surface area contributed by atoms with Gasteiger partial charge in [0.15, 0.2) is 5.96 Å². The second-order valence-electron chi connectivity index (χ2n) is 6.57. The predicted octanol–water partition coefficient (Wildman–Crippen LogP) is 1.43. The third kappa shape index (κ3) is 5.67. The minimum atomic E-state index is -0.440. The number of carbonyl (C=O) groups is 1. The van der Waals surface area contributed by atoms with Crippen LogP contribution >= 0.6 is 0 Å². The number of ether oxygens (including phenoxy) is 1. The van der Waals surface area contributed by atoms with E-state index >= 15 is 0 Å². The van der Waals surface area contributed by atoms with Crippen LogP contribution in [0.3, 0.4) is 0 Å². The first-order valence-electron chi connectivity index (χ1n) is 7.16. The molecule has 6 heteroatoms. The summed E-state index contributed by atoms with van der Waals surface area (Å²) >= 11 is 0. The molecule has 1 amide bonds. The van der Waals surface area contributed by atoms with Crippen LogP contribution in [0.5, 0.6) is 0 Å². The van der Waals surface area contributed by atoms with Crippen molar-refractivity contribution in [1.29, 1.82) is 0 Å². The van der Waals surface area contributed by atoms with E-state index in [2.05, 4.69) is 29.5 Å². The third-order valence-corrected chi connectivity index (χ3v) is 2.78. The molecule has 1 aliphatic rings. The van der Waals surface area contributed by atoms with Gasteiger partial charge in [-0.1, -0.05) is 13.8 Å². The van der Waals surface area contributed by atoms with Crippen molar-refractivity contribution in [2.45, 2.75) is 46.3 Å². The van der Waals surface area contributed by atoms with Crippen molar-refractivity contribution in [2.24, 2.45) is 10.9 Å². The number of rotatable bonds is 3. The van der Waals surface area contributed by atoms with Gasteiger partial charge in [0.25, 0.3) is 0 Å². The zero-order valence-electron chi connectivity index (χ0n) is 13.5. The lowest BCUT2D eigenvalue weighted by atomic mass is 10.1. The van der Waals surface area contributed by atoms with Crippen LogP contribution < -0.4 is 10.6 Å². The average Bonchev–Trinajstić information content (AvgIpc) is 2.23. The van der Waals surface area contributed by atoms with Crippen LogP contribution in [0, 0.1) is 5.92 Å². The number of carbonyl (C=O) groups excluding carboxylic acids is 1. The zero-order valence-corrected chi connectivity index (χ0v) is 13.5. The van der Waals surface area contributed by atoms with Crippen LogP contribution in [0.15, 0.2) is 4.99 Å². The molecule has 1 rings (SSSR count). The summed E-state index contributed by atoms with van der Waals surface area (Å²) in [5.74, 6) is 1.35. The van der Waals surface area contributed by atoms with Crippen molar-refractivity contribution in [2.75, 3.05) is 26.7 Å². The van der Waals surface area contributed by atoms with Gasteiger partial charge in [0, 0.05) is 26.7 Å². The topological polar surface area (TPSA) is 66.0 Å². The van der Waals surface area contributed by atoms with Crippen LogP contribution in [0.1, 0.15) is 34.6 Å². The molecule has 0 aromatic carbocycles. The second kappa shape index (κ2) is 6.81. The maximum atomic E-state index is 11.8. The molecule has 0 bridgehead atoms. The van der Waals surface area contributed by atoms with Gasteiger partial charge in [-0.25, -0.2) is 4.79 Å². The Morgan fingerprint density at radius 2 is 2.00 bits per heavy atom. The van der Waals surface area contributed by atoms with E-state index in [1.54, 1.807) is 11.9 Å². The van der Waals surface area contributed by atoms with E-state index < -0.39 is 5.60 Å². The fraction of sp³-hybridized carbons (Fsp3) is 0.857. The highest BCUT2D eigenvalue weighted by Crippen LogP contribution is 2.15. The molecule has 0 spiro atoms. The molecule has 20 heavy (non-hydrogen) atoms. The quantitative estimate of drug-likeness (QED) is 0.608. The van der Waals surface area contributed by atoms with Gasteiger partial charge < -0.3 is 20.3 Å². The number of nitrogens with zero attached hydrogens (tertiary/aromatic N) is 2. The van der Waals surface area contributed by atoms with E-state index in [0.29, 0.717) is 19.0 Å². The van der Waals surface area contributed by atoms with Gasteiger partial charge in [-0.3, -0.25) is 4.99 Å².